The minimum atomic E-state index is -0.195. The highest BCUT2D eigenvalue weighted by Crippen LogP contribution is 2.21. The van der Waals surface area contributed by atoms with Crippen molar-refractivity contribution in [3.05, 3.63) is 59.1 Å². The number of carbonyl (C=O) groups is 2. The van der Waals surface area contributed by atoms with Crippen LogP contribution in [0.1, 0.15) is 27.5 Å². The molecule has 0 aliphatic rings. The summed E-state index contributed by atoms with van der Waals surface area (Å²) in [5.74, 6) is 1.81. The number of anilines is 1. The molecule has 1 aromatic carbocycles. The van der Waals surface area contributed by atoms with Gasteiger partial charge in [0.2, 0.25) is 5.91 Å². The molecule has 0 spiro atoms. The number of nitrogens with zero attached hydrogens (tertiary/aromatic N) is 3. The summed E-state index contributed by atoms with van der Waals surface area (Å²) in [4.78, 5) is 26.8. The van der Waals surface area contributed by atoms with Crippen LogP contribution in [-0.4, -0.2) is 53.6 Å². The summed E-state index contributed by atoms with van der Waals surface area (Å²) in [7, 11) is 3.33. The Hall–Kier alpha value is -3.39. The van der Waals surface area contributed by atoms with E-state index < -0.39 is 0 Å². The maximum absolute atomic E-state index is 12.8. The van der Waals surface area contributed by atoms with E-state index in [1.54, 1.807) is 43.3 Å². The first-order valence-electron chi connectivity index (χ1n) is 9.56. The Morgan fingerprint density at radius 3 is 2.43 bits per heavy atom. The van der Waals surface area contributed by atoms with E-state index in [2.05, 4.69) is 10.5 Å². The quantitative estimate of drug-likeness (QED) is 0.574. The van der Waals surface area contributed by atoms with E-state index in [1.807, 2.05) is 37.5 Å². The standard InChI is InChI=1S/C22H26N4O4/c1-14-10-19(16(3)26(14)21-11-15(2)30-24-21)20(27)12-25(4)13-22(28)23-17-6-8-18(29-5)9-7-17/h6-11H,12-13H2,1-5H3,(H,23,28). The summed E-state index contributed by atoms with van der Waals surface area (Å²) >= 11 is 0. The molecule has 1 amide bonds. The van der Waals surface area contributed by atoms with Crippen LogP contribution in [0.4, 0.5) is 5.69 Å². The van der Waals surface area contributed by atoms with Crippen LogP contribution in [0.3, 0.4) is 0 Å². The van der Waals surface area contributed by atoms with Crippen LogP contribution in [0.5, 0.6) is 5.75 Å². The Morgan fingerprint density at radius 1 is 1.13 bits per heavy atom. The van der Waals surface area contributed by atoms with Gasteiger partial charge in [-0.3, -0.25) is 19.1 Å². The smallest absolute Gasteiger partial charge is 0.238 e. The van der Waals surface area contributed by atoms with Gasteiger partial charge < -0.3 is 14.6 Å². The van der Waals surface area contributed by atoms with Gasteiger partial charge in [-0.05, 0) is 58.2 Å². The lowest BCUT2D eigenvalue weighted by molar-refractivity contribution is -0.116. The number of ketones is 1. The molecular formula is C22H26N4O4. The monoisotopic (exact) mass is 410 g/mol. The first-order chi connectivity index (χ1) is 14.3. The van der Waals surface area contributed by atoms with E-state index >= 15 is 0 Å². The molecule has 158 valence electrons. The SMILES string of the molecule is COc1ccc(NC(=O)CN(C)CC(=O)c2cc(C)n(-c3cc(C)on3)c2C)cc1. The number of amides is 1. The summed E-state index contributed by atoms with van der Waals surface area (Å²) in [6.45, 7) is 5.83. The van der Waals surface area contributed by atoms with E-state index in [4.69, 9.17) is 9.26 Å². The fourth-order valence-electron chi connectivity index (χ4n) is 3.36. The minimum absolute atomic E-state index is 0.0608. The maximum Gasteiger partial charge on any atom is 0.238 e. The van der Waals surface area contributed by atoms with Crippen LogP contribution in [0.25, 0.3) is 5.82 Å². The van der Waals surface area contributed by atoms with Gasteiger partial charge in [0.05, 0.1) is 20.2 Å². The summed E-state index contributed by atoms with van der Waals surface area (Å²) in [5.41, 5.74) is 2.97. The van der Waals surface area contributed by atoms with Crippen molar-refractivity contribution in [1.29, 1.82) is 0 Å². The van der Waals surface area contributed by atoms with Crippen LogP contribution >= 0.6 is 0 Å². The fourth-order valence-corrected chi connectivity index (χ4v) is 3.36. The molecule has 30 heavy (non-hydrogen) atoms. The van der Waals surface area contributed by atoms with Crippen LogP contribution < -0.4 is 10.1 Å². The van der Waals surface area contributed by atoms with E-state index in [-0.39, 0.29) is 24.8 Å². The highest BCUT2D eigenvalue weighted by molar-refractivity contribution is 5.99. The predicted molar refractivity (Wildman–Crippen MR) is 113 cm³/mol. The number of nitrogens with one attached hydrogen (secondary N) is 1. The van der Waals surface area contributed by atoms with Gasteiger partial charge in [-0.2, -0.15) is 0 Å². The first-order valence-corrected chi connectivity index (χ1v) is 9.56. The average Bonchev–Trinajstić information content (AvgIpc) is 3.24. The zero-order valence-electron chi connectivity index (χ0n) is 17.9. The van der Waals surface area contributed by atoms with Gasteiger partial charge in [-0.25, -0.2) is 0 Å². The molecule has 1 N–H and O–H groups in total. The molecule has 0 saturated carbocycles. The van der Waals surface area contributed by atoms with Crippen molar-refractivity contribution in [2.75, 3.05) is 32.6 Å². The molecule has 0 atom stereocenters. The number of carbonyl (C=O) groups excluding carboxylic acids is 2. The lowest BCUT2D eigenvalue weighted by Gasteiger charge is -2.15. The van der Waals surface area contributed by atoms with E-state index in [0.717, 1.165) is 11.4 Å². The van der Waals surface area contributed by atoms with Crippen molar-refractivity contribution in [3.8, 4) is 11.6 Å². The second-order valence-corrected chi connectivity index (χ2v) is 7.29. The van der Waals surface area contributed by atoms with Crippen molar-refractivity contribution >= 4 is 17.4 Å². The molecular weight excluding hydrogens is 384 g/mol. The Morgan fingerprint density at radius 2 is 1.83 bits per heavy atom. The Kier molecular flexibility index (Phi) is 6.37. The summed E-state index contributed by atoms with van der Waals surface area (Å²) < 4.78 is 12.1. The van der Waals surface area contributed by atoms with Crippen LogP contribution in [-0.2, 0) is 4.79 Å². The van der Waals surface area contributed by atoms with Crippen molar-refractivity contribution in [1.82, 2.24) is 14.6 Å². The molecule has 0 aliphatic carbocycles. The Labute approximate surface area is 175 Å². The number of hydrogen-bond donors (Lipinski definition) is 1. The molecule has 0 saturated heterocycles. The van der Waals surface area contributed by atoms with Crippen molar-refractivity contribution in [2.45, 2.75) is 20.8 Å². The third kappa shape index (κ3) is 4.77. The van der Waals surface area contributed by atoms with Crippen molar-refractivity contribution in [3.63, 3.8) is 0 Å². The summed E-state index contributed by atoms with van der Waals surface area (Å²) in [5, 5.41) is 6.85. The molecule has 0 unspecified atom stereocenters. The van der Waals surface area contributed by atoms with Gasteiger partial charge in [-0.15, -0.1) is 0 Å². The second-order valence-electron chi connectivity index (χ2n) is 7.29. The highest BCUT2D eigenvalue weighted by Gasteiger charge is 2.20. The van der Waals surface area contributed by atoms with Crippen molar-refractivity contribution < 1.29 is 18.8 Å². The molecule has 3 aromatic rings. The number of ether oxygens (including phenoxy) is 1. The zero-order chi connectivity index (χ0) is 21.8. The zero-order valence-corrected chi connectivity index (χ0v) is 17.9. The third-order valence-corrected chi connectivity index (χ3v) is 4.78. The van der Waals surface area contributed by atoms with Gasteiger partial charge in [-0.1, -0.05) is 5.16 Å². The molecule has 8 heteroatoms. The van der Waals surface area contributed by atoms with Gasteiger partial charge in [0.15, 0.2) is 11.6 Å². The van der Waals surface area contributed by atoms with Gasteiger partial charge in [0.1, 0.15) is 11.5 Å². The van der Waals surface area contributed by atoms with Crippen molar-refractivity contribution in [2.24, 2.45) is 0 Å². The van der Waals surface area contributed by atoms with Gasteiger partial charge in [0, 0.05) is 28.7 Å². The van der Waals surface area contributed by atoms with Crippen LogP contribution in [0, 0.1) is 20.8 Å². The lowest BCUT2D eigenvalue weighted by atomic mass is 10.1. The minimum Gasteiger partial charge on any atom is -0.497 e. The number of hydrogen-bond acceptors (Lipinski definition) is 6. The third-order valence-electron chi connectivity index (χ3n) is 4.78. The Balaban J connectivity index is 1.62. The topological polar surface area (TPSA) is 89.6 Å². The number of rotatable bonds is 8. The number of likely N-dealkylation sites (N-methyl/N-ethyl adjacent to an activating group) is 1. The molecule has 2 heterocycles. The predicted octanol–water partition coefficient (Wildman–Crippen LogP) is 3.15. The second kappa shape index (κ2) is 8.96. The van der Waals surface area contributed by atoms with Gasteiger partial charge >= 0.3 is 0 Å². The molecule has 8 nitrogen and oxygen atoms in total. The number of aryl methyl sites for hydroxylation is 2. The van der Waals surface area contributed by atoms with E-state index in [9.17, 15) is 9.59 Å². The average molecular weight is 410 g/mol. The molecule has 2 aromatic heterocycles. The molecule has 0 radical (unpaired) electrons. The van der Waals surface area contributed by atoms with Crippen LogP contribution in [0.15, 0.2) is 40.9 Å². The normalized spacial score (nSPS) is 11.0. The van der Waals surface area contributed by atoms with E-state index in [0.29, 0.717) is 28.6 Å². The number of Topliss-reactive ketones (excluding diaryl/α,β-unsaturated/α-hetero) is 1. The fraction of sp³-hybridized carbons (Fsp3) is 0.318. The molecule has 0 bridgehead atoms. The van der Waals surface area contributed by atoms with Crippen LogP contribution in [0.2, 0.25) is 0 Å². The van der Waals surface area contributed by atoms with Gasteiger partial charge in [0.25, 0.3) is 0 Å². The largest absolute Gasteiger partial charge is 0.497 e. The van der Waals surface area contributed by atoms with E-state index in [1.165, 1.54) is 0 Å². The lowest BCUT2D eigenvalue weighted by Crippen LogP contribution is -2.34. The maximum atomic E-state index is 12.8. The number of methoxy groups -OCH3 is 1. The molecule has 0 fully saturated rings. The molecule has 0 aliphatic heterocycles. The summed E-state index contributed by atoms with van der Waals surface area (Å²) in [6, 6.07) is 10.7. The first kappa shape index (κ1) is 21.3. The highest BCUT2D eigenvalue weighted by atomic mass is 16.5. The number of benzene rings is 1. The summed E-state index contributed by atoms with van der Waals surface area (Å²) in [6.07, 6.45) is 0. The molecule has 3 rings (SSSR count). The number of aromatic nitrogens is 2. The Bertz CT molecular complexity index is 1050.